The van der Waals surface area contributed by atoms with E-state index in [1.54, 1.807) is 16.6 Å². The van der Waals surface area contributed by atoms with Crippen LogP contribution in [0.1, 0.15) is 16.2 Å². The van der Waals surface area contributed by atoms with Crippen LogP contribution in [-0.2, 0) is 16.9 Å². The number of halogens is 1. The summed E-state index contributed by atoms with van der Waals surface area (Å²) in [6.07, 6.45) is 1.23. The van der Waals surface area contributed by atoms with E-state index in [1.165, 1.54) is 6.26 Å². The van der Waals surface area contributed by atoms with Crippen LogP contribution >= 0.6 is 11.6 Å². The van der Waals surface area contributed by atoms with Gasteiger partial charge >= 0.3 is 0 Å². The molecule has 1 amide bonds. The van der Waals surface area contributed by atoms with E-state index < -0.39 is 9.84 Å². The lowest BCUT2D eigenvalue weighted by molar-refractivity contribution is 0.0637. The number of aryl methyl sites for hydroxylation is 1. The molecule has 0 bridgehead atoms. The molecule has 2 heterocycles. The van der Waals surface area contributed by atoms with E-state index in [9.17, 15) is 13.2 Å². The zero-order chi connectivity index (χ0) is 16.5. The van der Waals surface area contributed by atoms with Crippen LogP contribution in [0.15, 0.2) is 0 Å². The van der Waals surface area contributed by atoms with Crippen LogP contribution in [0.3, 0.4) is 0 Å². The number of sulfone groups is 1. The third-order valence-corrected chi connectivity index (χ3v) is 5.28. The van der Waals surface area contributed by atoms with Crippen LogP contribution in [0.25, 0.3) is 0 Å². The van der Waals surface area contributed by atoms with Crippen molar-refractivity contribution in [1.29, 1.82) is 0 Å². The molecule has 0 aromatic carbocycles. The molecule has 7 nitrogen and oxygen atoms in total. The zero-order valence-corrected chi connectivity index (χ0v) is 14.6. The van der Waals surface area contributed by atoms with Gasteiger partial charge in [0.25, 0.3) is 5.91 Å². The van der Waals surface area contributed by atoms with Crippen molar-refractivity contribution in [3.8, 4) is 0 Å². The van der Waals surface area contributed by atoms with Gasteiger partial charge in [-0.2, -0.15) is 5.10 Å². The highest BCUT2D eigenvalue weighted by Gasteiger charge is 2.27. The number of nitrogens with zero attached hydrogens (tertiary/aromatic N) is 4. The molecule has 0 atom stereocenters. The molecule has 1 saturated heterocycles. The smallest absolute Gasteiger partial charge is 0.276 e. The molecular formula is C13H21ClN4O3S. The van der Waals surface area contributed by atoms with Crippen molar-refractivity contribution in [3.05, 3.63) is 16.4 Å². The predicted octanol–water partition coefficient (Wildman–Crippen LogP) is 0.184. The molecule has 0 saturated carbocycles. The molecule has 0 radical (unpaired) electrons. The number of carbonyl (C=O) groups excluding carboxylic acids is 1. The van der Waals surface area contributed by atoms with Gasteiger partial charge in [0.05, 0.1) is 16.5 Å². The Bertz CT molecular complexity index is 663. The van der Waals surface area contributed by atoms with Crippen LogP contribution in [-0.4, -0.2) is 78.6 Å². The summed E-state index contributed by atoms with van der Waals surface area (Å²) < 4.78 is 24.0. The van der Waals surface area contributed by atoms with Gasteiger partial charge in [-0.1, -0.05) is 11.6 Å². The van der Waals surface area contributed by atoms with E-state index in [0.29, 0.717) is 37.7 Å². The molecule has 0 spiro atoms. The fourth-order valence-electron chi connectivity index (χ4n) is 2.34. The Labute approximate surface area is 135 Å². The van der Waals surface area contributed by atoms with E-state index in [1.807, 2.05) is 6.92 Å². The summed E-state index contributed by atoms with van der Waals surface area (Å²) >= 11 is 6.15. The SMILES string of the molecule is Cc1c(Cl)c(C(=O)N2CCN(CCS(C)(=O)=O)CC2)nn1C. The lowest BCUT2D eigenvalue weighted by Crippen LogP contribution is -2.49. The molecule has 0 aliphatic carbocycles. The quantitative estimate of drug-likeness (QED) is 0.776. The minimum atomic E-state index is -2.96. The number of amides is 1. The topological polar surface area (TPSA) is 75.5 Å². The van der Waals surface area contributed by atoms with Gasteiger partial charge in [0.15, 0.2) is 5.69 Å². The molecule has 1 aliphatic rings. The van der Waals surface area contributed by atoms with Crippen molar-refractivity contribution < 1.29 is 13.2 Å². The van der Waals surface area contributed by atoms with Crippen LogP contribution < -0.4 is 0 Å². The zero-order valence-electron chi connectivity index (χ0n) is 13.0. The number of rotatable bonds is 4. The normalized spacial score (nSPS) is 17.0. The molecule has 1 fully saturated rings. The van der Waals surface area contributed by atoms with Crippen molar-refractivity contribution in [2.75, 3.05) is 44.7 Å². The highest BCUT2D eigenvalue weighted by atomic mass is 35.5. The Morgan fingerprint density at radius 1 is 1.27 bits per heavy atom. The molecule has 124 valence electrons. The minimum absolute atomic E-state index is 0.145. The van der Waals surface area contributed by atoms with E-state index in [0.717, 1.165) is 5.69 Å². The first-order valence-corrected chi connectivity index (χ1v) is 9.51. The second-order valence-electron chi connectivity index (χ2n) is 5.64. The van der Waals surface area contributed by atoms with Crippen molar-refractivity contribution in [1.82, 2.24) is 19.6 Å². The van der Waals surface area contributed by atoms with Gasteiger partial charge in [-0.3, -0.25) is 14.4 Å². The van der Waals surface area contributed by atoms with Crippen molar-refractivity contribution >= 4 is 27.3 Å². The van der Waals surface area contributed by atoms with E-state index in [-0.39, 0.29) is 17.4 Å². The monoisotopic (exact) mass is 348 g/mol. The van der Waals surface area contributed by atoms with Gasteiger partial charge in [0.2, 0.25) is 0 Å². The van der Waals surface area contributed by atoms with Crippen molar-refractivity contribution in [2.24, 2.45) is 7.05 Å². The van der Waals surface area contributed by atoms with Gasteiger partial charge in [0.1, 0.15) is 9.84 Å². The third-order valence-electron chi connectivity index (χ3n) is 3.90. The lowest BCUT2D eigenvalue weighted by atomic mass is 10.2. The van der Waals surface area contributed by atoms with Gasteiger partial charge in [-0.05, 0) is 6.92 Å². The van der Waals surface area contributed by atoms with Crippen molar-refractivity contribution in [2.45, 2.75) is 6.92 Å². The molecule has 22 heavy (non-hydrogen) atoms. The lowest BCUT2D eigenvalue weighted by Gasteiger charge is -2.34. The van der Waals surface area contributed by atoms with E-state index in [4.69, 9.17) is 11.6 Å². The summed E-state index contributed by atoms with van der Waals surface area (Å²) in [6.45, 7) is 4.73. The Balaban J connectivity index is 1.94. The molecule has 1 aliphatic heterocycles. The van der Waals surface area contributed by atoms with Crippen LogP contribution in [0.4, 0.5) is 0 Å². The van der Waals surface area contributed by atoms with Gasteiger partial charge in [-0.25, -0.2) is 8.42 Å². The molecule has 1 aromatic rings. The maximum absolute atomic E-state index is 12.5. The largest absolute Gasteiger partial charge is 0.335 e. The first kappa shape index (κ1) is 17.2. The number of aromatic nitrogens is 2. The van der Waals surface area contributed by atoms with E-state index >= 15 is 0 Å². The molecule has 0 N–H and O–H groups in total. The number of piperazine rings is 1. The average molecular weight is 349 g/mol. The Kier molecular flexibility index (Phi) is 5.14. The second kappa shape index (κ2) is 6.55. The average Bonchev–Trinajstić information content (AvgIpc) is 2.72. The highest BCUT2D eigenvalue weighted by Crippen LogP contribution is 2.21. The third kappa shape index (κ3) is 3.99. The Morgan fingerprint density at radius 3 is 2.32 bits per heavy atom. The highest BCUT2D eigenvalue weighted by molar-refractivity contribution is 7.90. The summed E-state index contributed by atoms with van der Waals surface area (Å²) in [5.74, 6) is -0.0249. The summed E-state index contributed by atoms with van der Waals surface area (Å²) in [5.41, 5.74) is 1.04. The number of hydrogen-bond donors (Lipinski definition) is 0. The Morgan fingerprint density at radius 2 is 1.86 bits per heavy atom. The summed E-state index contributed by atoms with van der Waals surface area (Å²) in [5, 5.41) is 4.57. The fraction of sp³-hybridized carbons (Fsp3) is 0.692. The van der Waals surface area contributed by atoms with Gasteiger partial charge in [0, 0.05) is 46.0 Å². The Hall–Kier alpha value is -1.12. The first-order chi connectivity index (χ1) is 10.2. The molecule has 0 unspecified atom stereocenters. The maximum atomic E-state index is 12.5. The summed E-state index contributed by atoms with van der Waals surface area (Å²) in [6, 6.07) is 0. The molecule has 1 aromatic heterocycles. The van der Waals surface area contributed by atoms with Crippen LogP contribution in [0, 0.1) is 6.92 Å². The summed E-state index contributed by atoms with van der Waals surface area (Å²) in [7, 11) is -1.21. The molecular weight excluding hydrogens is 328 g/mol. The summed E-state index contributed by atoms with van der Waals surface area (Å²) in [4.78, 5) is 16.2. The first-order valence-electron chi connectivity index (χ1n) is 7.07. The minimum Gasteiger partial charge on any atom is -0.335 e. The second-order valence-corrected chi connectivity index (χ2v) is 8.27. The van der Waals surface area contributed by atoms with E-state index in [2.05, 4.69) is 10.00 Å². The van der Waals surface area contributed by atoms with Gasteiger partial charge in [-0.15, -0.1) is 0 Å². The maximum Gasteiger partial charge on any atom is 0.276 e. The predicted molar refractivity (Wildman–Crippen MR) is 85.0 cm³/mol. The molecule has 9 heteroatoms. The number of carbonyl (C=O) groups is 1. The van der Waals surface area contributed by atoms with Gasteiger partial charge < -0.3 is 4.90 Å². The van der Waals surface area contributed by atoms with Crippen LogP contribution in [0.5, 0.6) is 0 Å². The van der Waals surface area contributed by atoms with Crippen molar-refractivity contribution in [3.63, 3.8) is 0 Å². The standard InChI is InChI=1S/C13H21ClN4O3S/c1-10-11(14)12(15-16(10)2)13(19)18-6-4-17(5-7-18)8-9-22(3,20)21/h4-9H2,1-3H3. The molecule has 2 rings (SSSR count). The fourth-order valence-corrected chi connectivity index (χ4v) is 3.17. The number of hydrogen-bond acceptors (Lipinski definition) is 5. The van der Waals surface area contributed by atoms with Crippen LogP contribution in [0.2, 0.25) is 5.02 Å².